The van der Waals surface area contributed by atoms with Crippen molar-refractivity contribution >= 4 is 17.2 Å². The summed E-state index contributed by atoms with van der Waals surface area (Å²) in [6, 6.07) is 11.8. The minimum atomic E-state index is -0.416. The van der Waals surface area contributed by atoms with Crippen molar-refractivity contribution in [1.29, 1.82) is 0 Å². The Bertz CT molecular complexity index is 956. The highest BCUT2D eigenvalue weighted by molar-refractivity contribution is 7.12. The fourth-order valence-corrected chi connectivity index (χ4v) is 5.38. The van der Waals surface area contributed by atoms with E-state index in [0.29, 0.717) is 29.8 Å². The summed E-state index contributed by atoms with van der Waals surface area (Å²) >= 11 is 1.41. The Balaban J connectivity index is 1.30. The van der Waals surface area contributed by atoms with E-state index in [1.165, 1.54) is 11.3 Å². The molecular formula is C21H22N4O2S. The van der Waals surface area contributed by atoms with Crippen LogP contribution in [-0.2, 0) is 0 Å². The molecule has 7 heteroatoms. The molecule has 1 N–H and O–H groups in total. The van der Waals surface area contributed by atoms with Crippen LogP contribution in [0.3, 0.4) is 0 Å². The van der Waals surface area contributed by atoms with Crippen LogP contribution in [0.2, 0.25) is 0 Å². The number of amides is 1. The molecule has 1 aliphatic heterocycles. The average molecular weight is 395 g/mol. The minimum absolute atomic E-state index is 0.00384. The summed E-state index contributed by atoms with van der Waals surface area (Å²) in [6.07, 6.45) is 4.81. The molecule has 3 aromatic rings. The number of carbonyl (C=O) groups is 1. The Labute approximate surface area is 167 Å². The minimum Gasteiger partial charge on any atom is -0.391 e. The lowest BCUT2D eigenvalue weighted by Crippen LogP contribution is -2.36. The van der Waals surface area contributed by atoms with Gasteiger partial charge in [0.05, 0.1) is 17.8 Å². The van der Waals surface area contributed by atoms with E-state index in [1.54, 1.807) is 6.20 Å². The Kier molecular flexibility index (Phi) is 4.49. The molecular weight excluding hydrogens is 372 g/mol. The van der Waals surface area contributed by atoms with Crippen LogP contribution in [0.15, 0.2) is 54.2 Å². The summed E-state index contributed by atoms with van der Waals surface area (Å²) in [7, 11) is 0. The van der Waals surface area contributed by atoms with E-state index in [0.717, 1.165) is 24.2 Å². The van der Waals surface area contributed by atoms with Crippen LogP contribution in [0.4, 0.5) is 0 Å². The number of carbonyl (C=O) groups excluding carboxylic acids is 1. The first-order valence-electron chi connectivity index (χ1n) is 9.66. The summed E-state index contributed by atoms with van der Waals surface area (Å²) in [4.78, 5) is 19.5. The van der Waals surface area contributed by atoms with Crippen LogP contribution in [0.5, 0.6) is 0 Å². The highest BCUT2D eigenvalue weighted by atomic mass is 32.1. The van der Waals surface area contributed by atoms with E-state index in [1.807, 2.05) is 57.6 Å². The Hall–Kier alpha value is -2.51. The number of hydrogen-bond donors (Lipinski definition) is 1. The monoisotopic (exact) mass is 394 g/mol. The molecule has 1 aliphatic carbocycles. The number of thiazole rings is 1. The van der Waals surface area contributed by atoms with Crippen LogP contribution in [-0.4, -0.2) is 49.9 Å². The number of likely N-dealkylation sites (tertiary alicyclic amines) is 1. The number of aromatic nitrogens is 3. The van der Waals surface area contributed by atoms with Crippen molar-refractivity contribution in [3.63, 3.8) is 0 Å². The second kappa shape index (κ2) is 7.14. The molecule has 1 saturated heterocycles. The molecule has 2 aromatic heterocycles. The normalized spacial score (nSPS) is 27.0. The summed E-state index contributed by atoms with van der Waals surface area (Å²) in [5.41, 5.74) is 1.87. The van der Waals surface area contributed by atoms with Gasteiger partial charge in [0.15, 0.2) is 5.01 Å². The van der Waals surface area contributed by atoms with Crippen molar-refractivity contribution in [1.82, 2.24) is 19.7 Å². The van der Waals surface area contributed by atoms with E-state index in [2.05, 4.69) is 10.1 Å². The molecule has 2 aliphatic rings. The van der Waals surface area contributed by atoms with Crippen molar-refractivity contribution in [2.45, 2.75) is 25.0 Å². The lowest BCUT2D eigenvalue weighted by Gasteiger charge is -2.35. The van der Waals surface area contributed by atoms with Crippen LogP contribution >= 0.6 is 11.3 Å². The zero-order chi connectivity index (χ0) is 19.1. The smallest absolute Gasteiger partial charge is 0.282 e. The maximum atomic E-state index is 13.0. The number of rotatable bonds is 3. The molecule has 28 heavy (non-hydrogen) atoms. The fraction of sp³-hybridized carbons (Fsp3) is 0.381. The van der Waals surface area contributed by atoms with Gasteiger partial charge < -0.3 is 10.0 Å². The number of benzene rings is 1. The first-order valence-corrected chi connectivity index (χ1v) is 10.5. The lowest BCUT2D eigenvalue weighted by molar-refractivity contribution is 0.0306. The van der Waals surface area contributed by atoms with Gasteiger partial charge in [0.1, 0.15) is 0 Å². The van der Waals surface area contributed by atoms with Gasteiger partial charge in [-0.25, -0.2) is 4.98 Å². The van der Waals surface area contributed by atoms with Crippen molar-refractivity contribution in [3.05, 3.63) is 59.2 Å². The number of nitrogens with zero attached hydrogens (tertiary/aromatic N) is 4. The van der Waals surface area contributed by atoms with Crippen LogP contribution in [0, 0.1) is 11.8 Å². The van der Waals surface area contributed by atoms with Gasteiger partial charge in [0.2, 0.25) is 0 Å². The number of aliphatic hydroxyl groups excluding tert-OH is 1. The quantitative estimate of drug-likeness (QED) is 0.741. The average Bonchev–Trinajstić information content (AvgIpc) is 3.47. The number of aliphatic hydroxyl groups is 1. The second-order valence-corrected chi connectivity index (χ2v) is 8.58. The standard InChI is InChI=1S/C21H22N4O2S/c26-19-10-16-12-24(11-15(16)9-18(19)25-8-4-7-22-25)21(27)20-23-17(13-28-20)14-5-2-1-3-6-14/h1-8,13,15-16,18-19,26H,9-12H2/t15-,16+,18-,19-/m1/s1. The van der Waals surface area contributed by atoms with Gasteiger partial charge >= 0.3 is 0 Å². The van der Waals surface area contributed by atoms with Gasteiger partial charge in [-0.05, 0) is 30.7 Å². The molecule has 3 heterocycles. The largest absolute Gasteiger partial charge is 0.391 e. The summed E-state index contributed by atoms with van der Waals surface area (Å²) in [6.45, 7) is 1.43. The molecule has 4 atom stereocenters. The molecule has 0 unspecified atom stereocenters. The SMILES string of the molecule is O=C(c1nc(-c2ccccc2)cs1)N1C[C@H]2C[C@@H](n3cccn3)[C@H](O)C[C@H]2C1. The van der Waals surface area contributed by atoms with Gasteiger partial charge in [0, 0.05) is 36.4 Å². The molecule has 1 amide bonds. The molecule has 0 bridgehead atoms. The summed E-state index contributed by atoms with van der Waals surface area (Å²) < 4.78 is 1.86. The van der Waals surface area contributed by atoms with E-state index < -0.39 is 6.10 Å². The fourth-order valence-electron chi connectivity index (χ4n) is 4.58. The molecule has 144 valence electrons. The first-order chi connectivity index (χ1) is 13.7. The summed E-state index contributed by atoms with van der Waals surface area (Å²) in [5, 5.41) is 17.4. The van der Waals surface area contributed by atoms with Gasteiger partial charge in [-0.2, -0.15) is 5.10 Å². The van der Waals surface area contributed by atoms with Crippen molar-refractivity contribution in [2.24, 2.45) is 11.8 Å². The predicted molar refractivity (Wildman–Crippen MR) is 107 cm³/mol. The molecule has 1 aromatic carbocycles. The van der Waals surface area contributed by atoms with Crippen LogP contribution < -0.4 is 0 Å². The highest BCUT2D eigenvalue weighted by Gasteiger charge is 2.44. The zero-order valence-electron chi connectivity index (χ0n) is 15.4. The Morgan fingerprint density at radius 3 is 2.64 bits per heavy atom. The summed E-state index contributed by atoms with van der Waals surface area (Å²) in [5.74, 6) is 0.751. The van der Waals surface area contributed by atoms with E-state index in [9.17, 15) is 9.90 Å². The maximum Gasteiger partial charge on any atom is 0.282 e. The molecule has 0 radical (unpaired) electrons. The molecule has 1 saturated carbocycles. The third-order valence-corrected chi connectivity index (χ3v) is 6.85. The lowest BCUT2D eigenvalue weighted by atomic mass is 9.77. The number of hydrogen-bond acceptors (Lipinski definition) is 5. The van der Waals surface area contributed by atoms with E-state index in [-0.39, 0.29) is 11.9 Å². The van der Waals surface area contributed by atoms with Crippen LogP contribution in [0.1, 0.15) is 28.7 Å². The Morgan fingerprint density at radius 2 is 1.89 bits per heavy atom. The number of fused-ring (bicyclic) bond motifs is 1. The van der Waals surface area contributed by atoms with E-state index in [4.69, 9.17) is 0 Å². The van der Waals surface area contributed by atoms with Gasteiger partial charge in [-0.3, -0.25) is 9.48 Å². The van der Waals surface area contributed by atoms with Crippen molar-refractivity contribution in [3.8, 4) is 11.3 Å². The van der Waals surface area contributed by atoms with Crippen molar-refractivity contribution in [2.75, 3.05) is 13.1 Å². The maximum absolute atomic E-state index is 13.0. The van der Waals surface area contributed by atoms with Crippen LogP contribution in [0.25, 0.3) is 11.3 Å². The zero-order valence-corrected chi connectivity index (χ0v) is 16.2. The molecule has 5 rings (SSSR count). The highest BCUT2D eigenvalue weighted by Crippen LogP contribution is 2.41. The van der Waals surface area contributed by atoms with Gasteiger partial charge in [0.25, 0.3) is 5.91 Å². The van der Waals surface area contributed by atoms with Gasteiger partial charge in [-0.15, -0.1) is 11.3 Å². The third-order valence-electron chi connectivity index (χ3n) is 6.02. The topological polar surface area (TPSA) is 71.2 Å². The second-order valence-electron chi connectivity index (χ2n) is 7.73. The van der Waals surface area contributed by atoms with Crippen molar-refractivity contribution < 1.29 is 9.90 Å². The van der Waals surface area contributed by atoms with Gasteiger partial charge in [-0.1, -0.05) is 30.3 Å². The first kappa shape index (κ1) is 17.6. The third kappa shape index (κ3) is 3.14. The van der Waals surface area contributed by atoms with E-state index >= 15 is 0 Å². The molecule has 2 fully saturated rings. The Morgan fingerprint density at radius 1 is 1.11 bits per heavy atom. The molecule has 0 spiro atoms. The predicted octanol–water partition coefficient (Wildman–Crippen LogP) is 3.09. The molecule has 6 nitrogen and oxygen atoms in total.